The van der Waals surface area contributed by atoms with Crippen molar-refractivity contribution in [1.29, 1.82) is 0 Å². The molecule has 0 saturated carbocycles. The number of anilines is 2. The molecule has 0 aromatic carbocycles. The van der Waals surface area contributed by atoms with Crippen LogP contribution in [-0.4, -0.2) is 64.6 Å². The molecule has 0 unspecified atom stereocenters. The van der Waals surface area contributed by atoms with Gasteiger partial charge >= 0.3 is 0 Å². The van der Waals surface area contributed by atoms with Gasteiger partial charge in [0.05, 0.1) is 13.2 Å². The molecule has 112 valence electrons. The standard InChI is InChI=1S/C12H20ClN5O2/c13-10-14-11(17-4-2-1-3-5-17)16-12(15-10)18(6-8-19)7-9-20/h19-20H,1-9H2. The van der Waals surface area contributed by atoms with Crippen LogP contribution in [0.5, 0.6) is 0 Å². The van der Waals surface area contributed by atoms with Crippen LogP contribution in [0.1, 0.15) is 19.3 Å². The van der Waals surface area contributed by atoms with E-state index >= 15 is 0 Å². The predicted molar refractivity (Wildman–Crippen MR) is 77.3 cm³/mol. The number of rotatable bonds is 6. The van der Waals surface area contributed by atoms with E-state index < -0.39 is 0 Å². The molecule has 1 saturated heterocycles. The highest BCUT2D eigenvalue weighted by Gasteiger charge is 2.18. The fraction of sp³-hybridized carbons (Fsp3) is 0.750. The van der Waals surface area contributed by atoms with Gasteiger partial charge in [-0.1, -0.05) is 0 Å². The number of halogens is 1. The number of aromatic nitrogens is 3. The molecule has 1 fully saturated rings. The van der Waals surface area contributed by atoms with Gasteiger partial charge in [-0.05, 0) is 30.9 Å². The Morgan fingerprint density at radius 3 is 2.25 bits per heavy atom. The molecule has 20 heavy (non-hydrogen) atoms. The molecule has 0 bridgehead atoms. The van der Waals surface area contributed by atoms with Crippen LogP contribution in [0.15, 0.2) is 0 Å². The van der Waals surface area contributed by atoms with Gasteiger partial charge in [0.2, 0.25) is 17.2 Å². The van der Waals surface area contributed by atoms with Crippen molar-refractivity contribution in [1.82, 2.24) is 15.0 Å². The highest BCUT2D eigenvalue weighted by Crippen LogP contribution is 2.20. The third kappa shape index (κ3) is 3.91. The highest BCUT2D eigenvalue weighted by molar-refractivity contribution is 6.28. The second-order valence-corrected chi connectivity index (χ2v) is 5.02. The summed E-state index contributed by atoms with van der Waals surface area (Å²) in [6, 6.07) is 0. The molecule has 1 aromatic heterocycles. The Morgan fingerprint density at radius 2 is 1.65 bits per heavy atom. The van der Waals surface area contributed by atoms with Gasteiger partial charge in [0, 0.05) is 26.2 Å². The van der Waals surface area contributed by atoms with Crippen molar-refractivity contribution in [3.63, 3.8) is 0 Å². The molecule has 0 spiro atoms. The first-order chi connectivity index (χ1) is 9.74. The molecule has 1 aliphatic heterocycles. The largest absolute Gasteiger partial charge is 0.395 e. The van der Waals surface area contributed by atoms with Gasteiger partial charge in [-0.25, -0.2) is 0 Å². The first-order valence-corrected chi connectivity index (χ1v) is 7.25. The van der Waals surface area contributed by atoms with E-state index in [-0.39, 0.29) is 18.5 Å². The van der Waals surface area contributed by atoms with Crippen LogP contribution in [0.2, 0.25) is 5.28 Å². The second-order valence-electron chi connectivity index (χ2n) is 4.69. The van der Waals surface area contributed by atoms with E-state index in [2.05, 4.69) is 19.9 Å². The number of hydrogen-bond donors (Lipinski definition) is 2. The van der Waals surface area contributed by atoms with Gasteiger partial charge < -0.3 is 20.0 Å². The Bertz CT molecular complexity index is 422. The molecule has 0 aliphatic carbocycles. The minimum absolute atomic E-state index is 0.0393. The summed E-state index contributed by atoms with van der Waals surface area (Å²) in [5.41, 5.74) is 0. The Kier molecular flexibility index (Phi) is 5.75. The average molecular weight is 302 g/mol. The van der Waals surface area contributed by atoms with Crippen LogP contribution in [0.3, 0.4) is 0 Å². The minimum atomic E-state index is -0.0393. The van der Waals surface area contributed by atoms with Crippen molar-refractivity contribution < 1.29 is 10.2 Å². The molecule has 0 amide bonds. The van der Waals surface area contributed by atoms with Crippen molar-refractivity contribution >= 4 is 23.5 Å². The maximum Gasteiger partial charge on any atom is 0.231 e. The van der Waals surface area contributed by atoms with Crippen molar-refractivity contribution in [3.05, 3.63) is 5.28 Å². The first kappa shape index (κ1) is 15.2. The van der Waals surface area contributed by atoms with Gasteiger partial charge in [-0.15, -0.1) is 0 Å². The molecule has 1 aliphatic rings. The normalized spacial score (nSPS) is 15.4. The maximum absolute atomic E-state index is 9.07. The Hall–Kier alpha value is -1.18. The zero-order chi connectivity index (χ0) is 14.4. The lowest BCUT2D eigenvalue weighted by Gasteiger charge is -2.28. The Labute approximate surface area is 123 Å². The van der Waals surface area contributed by atoms with Gasteiger partial charge in [0.15, 0.2) is 0 Å². The summed E-state index contributed by atoms with van der Waals surface area (Å²) in [4.78, 5) is 16.5. The Balaban J connectivity index is 2.21. The van der Waals surface area contributed by atoms with Crippen LogP contribution >= 0.6 is 11.6 Å². The number of hydrogen-bond acceptors (Lipinski definition) is 7. The van der Waals surface area contributed by atoms with Gasteiger partial charge in [0.25, 0.3) is 0 Å². The van der Waals surface area contributed by atoms with Crippen molar-refractivity contribution in [2.45, 2.75) is 19.3 Å². The predicted octanol–water partition coefficient (Wildman–Crippen LogP) is 0.306. The zero-order valence-electron chi connectivity index (χ0n) is 11.4. The van der Waals surface area contributed by atoms with E-state index in [0.29, 0.717) is 25.0 Å². The molecule has 8 heteroatoms. The molecule has 2 heterocycles. The molecular weight excluding hydrogens is 282 g/mol. The van der Waals surface area contributed by atoms with E-state index in [0.717, 1.165) is 25.9 Å². The molecule has 1 aromatic rings. The molecule has 2 rings (SSSR count). The van der Waals surface area contributed by atoms with Crippen LogP contribution < -0.4 is 9.80 Å². The van der Waals surface area contributed by atoms with E-state index in [1.54, 1.807) is 4.90 Å². The third-order valence-corrected chi connectivity index (χ3v) is 3.42. The molecule has 7 nitrogen and oxygen atoms in total. The third-order valence-electron chi connectivity index (χ3n) is 3.25. The van der Waals surface area contributed by atoms with Crippen LogP contribution in [0, 0.1) is 0 Å². The molecule has 2 N–H and O–H groups in total. The maximum atomic E-state index is 9.07. The summed E-state index contributed by atoms with van der Waals surface area (Å²) >= 11 is 5.97. The summed E-state index contributed by atoms with van der Waals surface area (Å²) < 4.78 is 0. The lowest BCUT2D eigenvalue weighted by molar-refractivity contribution is 0.280. The van der Waals surface area contributed by atoms with E-state index in [1.807, 2.05) is 0 Å². The fourth-order valence-electron chi connectivity index (χ4n) is 2.26. The number of aliphatic hydroxyl groups excluding tert-OH is 2. The molecule has 0 atom stereocenters. The van der Waals surface area contributed by atoms with E-state index in [1.165, 1.54) is 6.42 Å². The van der Waals surface area contributed by atoms with E-state index in [9.17, 15) is 0 Å². The number of nitrogens with zero attached hydrogens (tertiary/aromatic N) is 5. The number of aliphatic hydroxyl groups is 2. The van der Waals surface area contributed by atoms with Gasteiger partial charge in [-0.3, -0.25) is 0 Å². The summed E-state index contributed by atoms with van der Waals surface area (Å²) in [5.74, 6) is 0.967. The molecule has 0 radical (unpaired) electrons. The second kappa shape index (κ2) is 7.56. The van der Waals surface area contributed by atoms with Crippen LogP contribution in [0.4, 0.5) is 11.9 Å². The SMILES string of the molecule is OCCN(CCO)c1nc(Cl)nc(N2CCCCC2)n1. The summed E-state index contributed by atoms with van der Waals surface area (Å²) in [5, 5.41) is 18.3. The highest BCUT2D eigenvalue weighted by atomic mass is 35.5. The summed E-state index contributed by atoms with van der Waals surface area (Å²) in [6.07, 6.45) is 3.47. The first-order valence-electron chi connectivity index (χ1n) is 6.88. The lowest BCUT2D eigenvalue weighted by Crippen LogP contribution is -2.34. The summed E-state index contributed by atoms with van der Waals surface area (Å²) in [6.45, 7) is 2.45. The number of piperidine rings is 1. The molecular formula is C12H20ClN5O2. The summed E-state index contributed by atoms with van der Waals surface area (Å²) in [7, 11) is 0. The van der Waals surface area contributed by atoms with Gasteiger partial charge in [0.1, 0.15) is 0 Å². The monoisotopic (exact) mass is 301 g/mol. The lowest BCUT2D eigenvalue weighted by atomic mass is 10.1. The van der Waals surface area contributed by atoms with Gasteiger partial charge in [-0.2, -0.15) is 15.0 Å². The minimum Gasteiger partial charge on any atom is -0.395 e. The van der Waals surface area contributed by atoms with Crippen LogP contribution in [0.25, 0.3) is 0 Å². The van der Waals surface area contributed by atoms with Crippen molar-refractivity contribution in [2.24, 2.45) is 0 Å². The topological polar surface area (TPSA) is 85.6 Å². The fourth-order valence-corrected chi connectivity index (χ4v) is 2.41. The van der Waals surface area contributed by atoms with E-state index in [4.69, 9.17) is 21.8 Å². The average Bonchev–Trinajstić information content (AvgIpc) is 2.47. The smallest absolute Gasteiger partial charge is 0.231 e. The van der Waals surface area contributed by atoms with Crippen molar-refractivity contribution in [3.8, 4) is 0 Å². The van der Waals surface area contributed by atoms with Crippen molar-refractivity contribution in [2.75, 3.05) is 49.2 Å². The quantitative estimate of drug-likeness (QED) is 0.782. The van der Waals surface area contributed by atoms with Crippen LogP contribution in [-0.2, 0) is 0 Å². The zero-order valence-corrected chi connectivity index (χ0v) is 12.1. The Morgan fingerprint density at radius 1 is 1.00 bits per heavy atom.